The van der Waals surface area contributed by atoms with Gasteiger partial charge in [-0.2, -0.15) is 0 Å². The van der Waals surface area contributed by atoms with Gasteiger partial charge in [0.25, 0.3) is 5.91 Å². The smallest absolute Gasteiger partial charge is 0.289 e. The zero-order valence-corrected chi connectivity index (χ0v) is 12.7. The van der Waals surface area contributed by atoms with Gasteiger partial charge in [-0.25, -0.2) is 4.98 Å². The van der Waals surface area contributed by atoms with Crippen LogP contribution >= 0.6 is 0 Å². The maximum Gasteiger partial charge on any atom is 0.289 e. The van der Waals surface area contributed by atoms with Gasteiger partial charge in [-0.3, -0.25) is 4.79 Å². The molecule has 0 atom stereocenters. The Morgan fingerprint density at radius 1 is 1.22 bits per heavy atom. The fourth-order valence-corrected chi connectivity index (χ4v) is 2.25. The van der Waals surface area contributed by atoms with Crippen molar-refractivity contribution >= 4 is 5.91 Å². The van der Waals surface area contributed by atoms with E-state index >= 15 is 0 Å². The molecule has 0 aliphatic carbocycles. The minimum absolute atomic E-state index is 0.234. The number of aromatic nitrogens is 3. The third-order valence-electron chi connectivity index (χ3n) is 3.49. The second kappa shape index (κ2) is 7.40. The Hall–Kier alpha value is -2.89. The number of hydrogen-bond acceptors (Lipinski definition) is 4. The minimum Gasteiger partial charge on any atom is -0.350 e. The maximum absolute atomic E-state index is 12.0. The van der Waals surface area contributed by atoms with Gasteiger partial charge in [0.15, 0.2) is 0 Å². The predicted octanol–water partition coefficient (Wildman–Crippen LogP) is 2.75. The average molecular weight is 310 g/mol. The summed E-state index contributed by atoms with van der Waals surface area (Å²) in [6.45, 7) is 1.51. The van der Waals surface area contributed by atoms with Crippen LogP contribution in [0.4, 0.5) is 0 Å². The van der Waals surface area contributed by atoms with E-state index in [1.54, 1.807) is 18.6 Å². The lowest BCUT2D eigenvalue weighted by atomic mass is 10.1. The molecule has 0 unspecified atom stereocenters. The lowest BCUT2D eigenvalue weighted by Crippen LogP contribution is -2.24. The second-order valence-electron chi connectivity index (χ2n) is 5.21. The quantitative estimate of drug-likeness (QED) is 0.681. The highest BCUT2D eigenvalue weighted by Gasteiger charge is 2.13. The highest BCUT2D eigenvalue weighted by molar-refractivity contribution is 5.92. The van der Waals surface area contributed by atoms with Crippen LogP contribution in [0, 0.1) is 0 Å². The summed E-state index contributed by atoms with van der Waals surface area (Å²) in [5.74, 6) is 0.000717. The molecule has 0 bridgehead atoms. The first-order valence-corrected chi connectivity index (χ1v) is 7.59. The standard InChI is InChI=1S/C17H18N4O2/c22-17(19-8-4-5-10-21-11-9-18-13-21)16-12-15(20-23-16)14-6-2-1-3-7-14/h1-3,6-7,9,11-13H,4-5,8,10H2,(H,19,22). The van der Waals surface area contributed by atoms with Crippen molar-refractivity contribution in [2.45, 2.75) is 19.4 Å². The van der Waals surface area contributed by atoms with Crippen LogP contribution < -0.4 is 5.32 Å². The molecule has 2 heterocycles. The molecule has 6 nitrogen and oxygen atoms in total. The largest absolute Gasteiger partial charge is 0.350 e. The number of nitrogens with zero attached hydrogens (tertiary/aromatic N) is 3. The van der Waals surface area contributed by atoms with E-state index in [1.807, 2.05) is 41.1 Å². The molecule has 3 rings (SSSR count). The number of benzene rings is 1. The number of unbranched alkanes of at least 4 members (excludes halogenated alkanes) is 1. The summed E-state index contributed by atoms with van der Waals surface area (Å²) in [7, 11) is 0. The van der Waals surface area contributed by atoms with Crippen LogP contribution in [0.2, 0.25) is 0 Å². The SMILES string of the molecule is O=C(NCCCCn1ccnc1)c1cc(-c2ccccc2)no1. The highest BCUT2D eigenvalue weighted by atomic mass is 16.5. The minimum atomic E-state index is -0.234. The lowest BCUT2D eigenvalue weighted by Gasteiger charge is -2.03. The Morgan fingerprint density at radius 3 is 2.87 bits per heavy atom. The van der Waals surface area contributed by atoms with Crippen molar-refractivity contribution in [2.24, 2.45) is 0 Å². The van der Waals surface area contributed by atoms with Crippen LogP contribution in [0.15, 0.2) is 59.6 Å². The van der Waals surface area contributed by atoms with E-state index in [4.69, 9.17) is 4.52 Å². The fraction of sp³-hybridized carbons (Fsp3) is 0.235. The molecular weight excluding hydrogens is 292 g/mol. The Labute approximate surface area is 134 Å². The van der Waals surface area contributed by atoms with Crippen molar-refractivity contribution in [1.29, 1.82) is 0 Å². The van der Waals surface area contributed by atoms with Gasteiger partial charge < -0.3 is 14.4 Å². The van der Waals surface area contributed by atoms with Gasteiger partial charge in [0.2, 0.25) is 5.76 Å². The van der Waals surface area contributed by atoms with Gasteiger partial charge in [0, 0.05) is 37.1 Å². The first-order chi connectivity index (χ1) is 11.3. The number of aryl methyl sites for hydroxylation is 1. The number of imidazole rings is 1. The van der Waals surface area contributed by atoms with E-state index in [0.29, 0.717) is 12.2 Å². The molecule has 6 heteroatoms. The Balaban J connectivity index is 1.44. The molecule has 0 aliphatic heterocycles. The van der Waals surface area contributed by atoms with Crippen molar-refractivity contribution in [3.05, 3.63) is 60.9 Å². The second-order valence-corrected chi connectivity index (χ2v) is 5.21. The van der Waals surface area contributed by atoms with Crippen molar-refractivity contribution < 1.29 is 9.32 Å². The van der Waals surface area contributed by atoms with Gasteiger partial charge >= 0.3 is 0 Å². The van der Waals surface area contributed by atoms with E-state index in [1.165, 1.54) is 0 Å². The number of carbonyl (C=O) groups is 1. The summed E-state index contributed by atoms with van der Waals surface area (Å²) in [5.41, 5.74) is 1.59. The highest BCUT2D eigenvalue weighted by Crippen LogP contribution is 2.18. The summed E-state index contributed by atoms with van der Waals surface area (Å²) in [5, 5.41) is 6.79. The number of rotatable bonds is 7. The summed E-state index contributed by atoms with van der Waals surface area (Å²) in [4.78, 5) is 16.0. The Morgan fingerprint density at radius 2 is 2.09 bits per heavy atom. The molecule has 0 saturated heterocycles. The van der Waals surface area contributed by atoms with Crippen LogP contribution in [0.1, 0.15) is 23.4 Å². The van der Waals surface area contributed by atoms with Gasteiger partial charge in [-0.05, 0) is 12.8 Å². The summed E-state index contributed by atoms with van der Waals surface area (Å²) < 4.78 is 7.14. The third kappa shape index (κ3) is 4.06. The molecule has 1 amide bonds. The molecule has 23 heavy (non-hydrogen) atoms. The average Bonchev–Trinajstić information content (AvgIpc) is 3.27. The van der Waals surface area contributed by atoms with Crippen LogP contribution in [-0.2, 0) is 6.54 Å². The lowest BCUT2D eigenvalue weighted by molar-refractivity contribution is 0.0916. The molecule has 0 aliphatic rings. The normalized spacial score (nSPS) is 10.6. The first kappa shape index (κ1) is 15.0. The summed E-state index contributed by atoms with van der Waals surface area (Å²) in [6, 6.07) is 11.3. The fourth-order valence-electron chi connectivity index (χ4n) is 2.25. The Bertz CT molecular complexity index is 735. The summed E-state index contributed by atoms with van der Waals surface area (Å²) >= 11 is 0. The van der Waals surface area contributed by atoms with E-state index in [0.717, 1.165) is 24.9 Å². The van der Waals surface area contributed by atoms with Crippen LogP contribution in [0.25, 0.3) is 11.3 Å². The van der Waals surface area contributed by atoms with Crippen molar-refractivity contribution in [1.82, 2.24) is 20.0 Å². The zero-order chi connectivity index (χ0) is 15.9. The van der Waals surface area contributed by atoms with Gasteiger partial charge in [-0.15, -0.1) is 0 Å². The predicted molar refractivity (Wildman–Crippen MR) is 85.7 cm³/mol. The van der Waals surface area contributed by atoms with Crippen molar-refractivity contribution in [3.8, 4) is 11.3 Å². The maximum atomic E-state index is 12.0. The first-order valence-electron chi connectivity index (χ1n) is 7.59. The number of nitrogens with one attached hydrogen (secondary N) is 1. The van der Waals surface area contributed by atoms with Crippen LogP contribution in [0.5, 0.6) is 0 Å². The number of amides is 1. The van der Waals surface area contributed by atoms with E-state index in [9.17, 15) is 4.79 Å². The van der Waals surface area contributed by atoms with Crippen LogP contribution in [-0.4, -0.2) is 27.2 Å². The third-order valence-corrected chi connectivity index (χ3v) is 3.49. The molecule has 0 spiro atoms. The van der Waals surface area contributed by atoms with Crippen molar-refractivity contribution in [2.75, 3.05) is 6.54 Å². The van der Waals surface area contributed by atoms with Crippen molar-refractivity contribution in [3.63, 3.8) is 0 Å². The molecule has 0 saturated carbocycles. The monoisotopic (exact) mass is 310 g/mol. The Kier molecular flexibility index (Phi) is 4.83. The summed E-state index contributed by atoms with van der Waals surface area (Å²) in [6.07, 6.45) is 7.35. The van der Waals surface area contributed by atoms with Gasteiger partial charge in [0.05, 0.1) is 6.33 Å². The van der Waals surface area contributed by atoms with Crippen LogP contribution in [0.3, 0.4) is 0 Å². The molecule has 1 N–H and O–H groups in total. The van der Waals surface area contributed by atoms with E-state index in [2.05, 4.69) is 15.5 Å². The number of hydrogen-bond donors (Lipinski definition) is 1. The van der Waals surface area contributed by atoms with E-state index < -0.39 is 0 Å². The molecule has 0 fully saturated rings. The molecular formula is C17H18N4O2. The van der Waals surface area contributed by atoms with Gasteiger partial charge in [0.1, 0.15) is 5.69 Å². The van der Waals surface area contributed by atoms with E-state index in [-0.39, 0.29) is 11.7 Å². The zero-order valence-electron chi connectivity index (χ0n) is 12.7. The number of carbonyl (C=O) groups excluding carboxylic acids is 1. The molecule has 118 valence electrons. The van der Waals surface area contributed by atoms with Gasteiger partial charge in [-0.1, -0.05) is 35.5 Å². The topological polar surface area (TPSA) is 73.0 Å². The molecule has 2 aromatic heterocycles. The molecule has 3 aromatic rings. The molecule has 1 aromatic carbocycles. The molecule has 0 radical (unpaired) electrons.